The Morgan fingerprint density at radius 2 is 1.85 bits per heavy atom. The molecular formula is C15H27NO4. The van der Waals surface area contributed by atoms with Gasteiger partial charge in [-0.05, 0) is 18.6 Å². The molecule has 0 saturated carbocycles. The predicted molar refractivity (Wildman–Crippen MR) is 77.8 cm³/mol. The van der Waals surface area contributed by atoms with Crippen LogP contribution < -0.4 is 5.32 Å². The lowest BCUT2D eigenvalue weighted by atomic mass is 10.2. The van der Waals surface area contributed by atoms with Crippen LogP contribution in [0.25, 0.3) is 0 Å². The van der Waals surface area contributed by atoms with E-state index in [4.69, 9.17) is 18.6 Å². The highest BCUT2D eigenvalue weighted by atomic mass is 16.5. The normalized spacial score (nSPS) is 11.4. The van der Waals surface area contributed by atoms with E-state index >= 15 is 0 Å². The van der Waals surface area contributed by atoms with E-state index < -0.39 is 0 Å². The monoisotopic (exact) mass is 285 g/mol. The summed E-state index contributed by atoms with van der Waals surface area (Å²) in [5, 5.41) is 3.35. The first-order chi connectivity index (χ1) is 9.63. The van der Waals surface area contributed by atoms with Crippen molar-refractivity contribution in [1.82, 2.24) is 5.32 Å². The molecule has 116 valence electrons. The molecule has 0 aliphatic heterocycles. The molecule has 1 aromatic rings. The fourth-order valence-electron chi connectivity index (χ4n) is 1.67. The van der Waals surface area contributed by atoms with E-state index in [9.17, 15) is 0 Å². The van der Waals surface area contributed by atoms with Gasteiger partial charge < -0.3 is 23.9 Å². The molecule has 0 bridgehead atoms. The molecule has 0 fully saturated rings. The van der Waals surface area contributed by atoms with E-state index in [1.165, 1.54) is 0 Å². The van der Waals surface area contributed by atoms with Crippen LogP contribution in [0.4, 0.5) is 0 Å². The lowest BCUT2D eigenvalue weighted by Gasteiger charge is -2.06. The topological polar surface area (TPSA) is 52.9 Å². The van der Waals surface area contributed by atoms with Crippen LogP contribution in [-0.4, -0.2) is 39.6 Å². The summed E-state index contributed by atoms with van der Waals surface area (Å²) in [6.45, 7) is 9.87. The van der Waals surface area contributed by atoms with Gasteiger partial charge in [0.2, 0.25) is 0 Å². The van der Waals surface area contributed by atoms with Gasteiger partial charge in [0.25, 0.3) is 0 Å². The van der Waals surface area contributed by atoms with Gasteiger partial charge in [0, 0.05) is 13.2 Å². The molecule has 1 rings (SSSR count). The summed E-state index contributed by atoms with van der Waals surface area (Å²) in [7, 11) is 1.66. The Hall–Kier alpha value is -0.880. The molecule has 0 amide bonds. The number of hydrogen-bond donors (Lipinski definition) is 1. The number of nitrogens with one attached hydrogen (secondary N) is 1. The van der Waals surface area contributed by atoms with Crippen molar-refractivity contribution in [3.63, 3.8) is 0 Å². The third kappa shape index (κ3) is 7.05. The van der Waals surface area contributed by atoms with Crippen LogP contribution in [0.15, 0.2) is 10.5 Å². The Labute approximate surface area is 121 Å². The molecule has 0 saturated heterocycles. The smallest absolute Gasteiger partial charge is 0.130 e. The molecule has 0 spiro atoms. The van der Waals surface area contributed by atoms with E-state index in [1.807, 2.05) is 6.07 Å². The Kier molecular flexibility index (Phi) is 8.53. The predicted octanol–water partition coefficient (Wildman–Crippen LogP) is 2.27. The van der Waals surface area contributed by atoms with Gasteiger partial charge in [0.15, 0.2) is 0 Å². The van der Waals surface area contributed by atoms with Crippen molar-refractivity contribution < 1.29 is 18.6 Å². The first kappa shape index (κ1) is 17.2. The molecule has 0 atom stereocenters. The highest BCUT2D eigenvalue weighted by molar-refractivity contribution is 5.19. The van der Waals surface area contributed by atoms with Gasteiger partial charge in [-0.25, -0.2) is 0 Å². The molecule has 0 unspecified atom stereocenters. The molecule has 5 heteroatoms. The second-order valence-corrected chi connectivity index (χ2v) is 5.01. The van der Waals surface area contributed by atoms with Gasteiger partial charge in [-0.15, -0.1) is 0 Å². The first-order valence-electron chi connectivity index (χ1n) is 7.09. The van der Waals surface area contributed by atoms with E-state index in [1.54, 1.807) is 7.11 Å². The van der Waals surface area contributed by atoms with Crippen molar-refractivity contribution in [1.29, 1.82) is 0 Å². The summed E-state index contributed by atoms with van der Waals surface area (Å²) in [5.74, 6) is 1.84. The van der Waals surface area contributed by atoms with Crippen molar-refractivity contribution in [2.45, 2.75) is 40.0 Å². The lowest BCUT2D eigenvalue weighted by molar-refractivity contribution is 0.0159. The summed E-state index contributed by atoms with van der Waals surface area (Å²) >= 11 is 0. The molecule has 0 aromatic carbocycles. The Bertz CT molecular complexity index is 363. The van der Waals surface area contributed by atoms with E-state index in [0.29, 0.717) is 39.1 Å². The van der Waals surface area contributed by atoms with Crippen LogP contribution in [-0.2, 0) is 27.4 Å². The van der Waals surface area contributed by atoms with Gasteiger partial charge in [-0.3, -0.25) is 0 Å². The molecule has 0 aliphatic carbocycles. The van der Waals surface area contributed by atoms with Crippen molar-refractivity contribution >= 4 is 0 Å². The average Bonchev–Trinajstić information content (AvgIpc) is 2.76. The van der Waals surface area contributed by atoms with E-state index in [-0.39, 0.29) is 0 Å². The molecule has 1 heterocycles. The molecule has 1 aromatic heterocycles. The van der Waals surface area contributed by atoms with Gasteiger partial charge in [0.05, 0.1) is 33.0 Å². The minimum Gasteiger partial charge on any atom is -0.462 e. The Morgan fingerprint density at radius 1 is 1.15 bits per heavy atom. The molecular weight excluding hydrogens is 258 g/mol. The highest BCUT2D eigenvalue weighted by Crippen LogP contribution is 2.15. The zero-order valence-corrected chi connectivity index (χ0v) is 13.0. The van der Waals surface area contributed by atoms with Gasteiger partial charge in [0.1, 0.15) is 18.1 Å². The van der Waals surface area contributed by atoms with Crippen LogP contribution in [0.5, 0.6) is 0 Å². The minimum atomic E-state index is 0.448. The van der Waals surface area contributed by atoms with Gasteiger partial charge >= 0.3 is 0 Å². The number of furan rings is 1. The molecule has 1 N–H and O–H groups in total. The van der Waals surface area contributed by atoms with Crippen molar-refractivity contribution in [3.05, 3.63) is 23.2 Å². The summed E-state index contributed by atoms with van der Waals surface area (Å²) in [6, 6.07) is 2.48. The third-order valence-electron chi connectivity index (χ3n) is 2.79. The lowest BCUT2D eigenvalue weighted by Crippen LogP contribution is -2.21. The second kappa shape index (κ2) is 9.94. The summed E-state index contributed by atoms with van der Waals surface area (Å²) in [5.41, 5.74) is 1.16. The first-order valence-corrected chi connectivity index (χ1v) is 7.09. The summed E-state index contributed by atoms with van der Waals surface area (Å²) in [4.78, 5) is 0. The number of hydrogen-bond acceptors (Lipinski definition) is 5. The van der Waals surface area contributed by atoms with E-state index in [0.717, 1.165) is 23.6 Å². The molecule has 20 heavy (non-hydrogen) atoms. The second-order valence-electron chi connectivity index (χ2n) is 5.01. The fourth-order valence-corrected chi connectivity index (χ4v) is 1.67. The van der Waals surface area contributed by atoms with Crippen LogP contribution in [0.3, 0.4) is 0 Å². The third-order valence-corrected chi connectivity index (χ3v) is 2.79. The van der Waals surface area contributed by atoms with Crippen LogP contribution in [0.2, 0.25) is 0 Å². The molecule has 5 nitrogen and oxygen atoms in total. The fraction of sp³-hybridized carbons (Fsp3) is 0.733. The van der Waals surface area contributed by atoms with Gasteiger partial charge in [-0.2, -0.15) is 0 Å². The van der Waals surface area contributed by atoms with Crippen LogP contribution in [0, 0.1) is 6.92 Å². The summed E-state index contributed by atoms with van der Waals surface area (Å²) < 4.78 is 21.5. The highest BCUT2D eigenvalue weighted by Gasteiger charge is 2.08. The number of ether oxygens (including phenoxy) is 3. The van der Waals surface area contributed by atoms with Crippen molar-refractivity contribution in [2.75, 3.05) is 33.5 Å². The largest absolute Gasteiger partial charge is 0.462 e. The zero-order valence-electron chi connectivity index (χ0n) is 13.0. The summed E-state index contributed by atoms with van der Waals surface area (Å²) in [6.07, 6.45) is 0. The number of methoxy groups -OCH3 is 1. The Balaban J connectivity index is 2.19. The molecule has 0 radical (unpaired) electrons. The Morgan fingerprint density at radius 3 is 2.55 bits per heavy atom. The van der Waals surface area contributed by atoms with Crippen LogP contribution in [0.1, 0.15) is 30.9 Å². The zero-order chi connectivity index (χ0) is 14.8. The maximum atomic E-state index is 5.76. The molecule has 0 aliphatic rings. The van der Waals surface area contributed by atoms with Crippen LogP contribution >= 0.6 is 0 Å². The van der Waals surface area contributed by atoms with Crippen molar-refractivity contribution in [3.8, 4) is 0 Å². The van der Waals surface area contributed by atoms with Crippen molar-refractivity contribution in [2.24, 2.45) is 0 Å². The SMILES string of the molecule is COCCOCCOCc1cc(C)c(CNC(C)C)o1. The maximum absolute atomic E-state index is 5.76. The minimum absolute atomic E-state index is 0.448. The quantitative estimate of drug-likeness (QED) is 0.632. The maximum Gasteiger partial charge on any atom is 0.130 e. The van der Waals surface area contributed by atoms with E-state index in [2.05, 4.69) is 26.1 Å². The van der Waals surface area contributed by atoms with Gasteiger partial charge in [-0.1, -0.05) is 13.8 Å². The number of rotatable bonds is 11. The average molecular weight is 285 g/mol. The number of aryl methyl sites for hydroxylation is 1. The standard InChI is InChI=1S/C15H27NO4/c1-12(2)16-10-15-13(3)9-14(20-15)11-19-8-7-18-6-5-17-4/h9,12,16H,5-8,10-11H2,1-4H3.